The number of amides is 5. The van der Waals surface area contributed by atoms with E-state index in [9.17, 15) is 29.1 Å². The average molecular weight is 960 g/mol. The SMILES string of the molecule is Cc1ncsc1-c1ccc(CNC(=O)[C@@H]2C[C@@H](O)CN2C(=O)[C@@H](NC(=O)CCCCCCCCCC(=O)Nc2ccc(C(=O)Nc3ccc4[nH]c(CN5CCC[C@@H]5C)nc4c3)cc2)C(C)(C)C)cc1. The van der Waals surface area contributed by atoms with Crippen molar-refractivity contribution in [3.8, 4) is 10.4 Å². The van der Waals surface area contributed by atoms with Crippen molar-refractivity contribution in [2.75, 3.05) is 23.7 Å². The fourth-order valence-electron chi connectivity index (χ4n) is 9.23. The highest BCUT2D eigenvalue weighted by Gasteiger charge is 2.44. The third-order valence-electron chi connectivity index (χ3n) is 13.3. The van der Waals surface area contributed by atoms with E-state index in [0.717, 1.165) is 90.2 Å². The van der Waals surface area contributed by atoms with E-state index in [4.69, 9.17) is 4.98 Å². The van der Waals surface area contributed by atoms with Crippen molar-refractivity contribution >= 4 is 63.3 Å². The van der Waals surface area contributed by atoms with Crippen LogP contribution in [0.3, 0.4) is 0 Å². The first kappa shape index (κ1) is 50.9. The number of hydrogen-bond acceptors (Lipinski definition) is 10. The van der Waals surface area contributed by atoms with Crippen molar-refractivity contribution in [3.05, 3.63) is 94.9 Å². The monoisotopic (exact) mass is 960 g/mol. The lowest BCUT2D eigenvalue weighted by atomic mass is 9.85. The first-order chi connectivity index (χ1) is 33.1. The van der Waals surface area contributed by atoms with Crippen LogP contribution >= 0.6 is 11.3 Å². The van der Waals surface area contributed by atoms with Crippen LogP contribution in [0.15, 0.2) is 72.2 Å². The molecule has 368 valence electrons. The molecule has 4 atom stereocenters. The van der Waals surface area contributed by atoms with E-state index in [0.29, 0.717) is 35.8 Å². The molecule has 0 saturated carbocycles. The summed E-state index contributed by atoms with van der Waals surface area (Å²) < 4.78 is 0. The van der Waals surface area contributed by atoms with Crippen LogP contribution in [0, 0.1) is 12.3 Å². The van der Waals surface area contributed by atoms with Gasteiger partial charge in [0.2, 0.25) is 23.6 Å². The molecule has 2 aliphatic heterocycles. The molecule has 15 nitrogen and oxygen atoms in total. The third-order valence-corrected chi connectivity index (χ3v) is 14.3. The van der Waals surface area contributed by atoms with E-state index in [1.165, 1.54) is 17.7 Å². The summed E-state index contributed by atoms with van der Waals surface area (Å²) in [5.41, 5.74) is 7.66. The first-order valence-electron chi connectivity index (χ1n) is 24.6. The molecule has 0 radical (unpaired) electrons. The zero-order chi connectivity index (χ0) is 49.1. The molecule has 69 heavy (non-hydrogen) atoms. The van der Waals surface area contributed by atoms with E-state index < -0.39 is 23.6 Å². The van der Waals surface area contributed by atoms with E-state index in [2.05, 4.69) is 43.1 Å². The van der Waals surface area contributed by atoms with Crippen LogP contribution < -0.4 is 21.3 Å². The number of aromatic amines is 1. The third kappa shape index (κ3) is 14.1. The van der Waals surface area contributed by atoms with E-state index in [1.54, 1.807) is 35.6 Å². The van der Waals surface area contributed by atoms with Gasteiger partial charge in [0, 0.05) is 55.3 Å². The molecule has 4 heterocycles. The number of aliphatic hydroxyl groups excluding tert-OH is 1. The summed E-state index contributed by atoms with van der Waals surface area (Å²) in [6.07, 6.45) is 8.52. The average Bonchev–Trinajstić information content (AvgIpc) is 4.13. The zero-order valence-electron chi connectivity index (χ0n) is 40.7. The Morgan fingerprint density at radius 3 is 2.20 bits per heavy atom. The number of imidazole rings is 1. The maximum absolute atomic E-state index is 14.0. The molecule has 2 aliphatic rings. The van der Waals surface area contributed by atoms with E-state index in [-0.39, 0.29) is 55.5 Å². The number of carbonyl (C=O) groups is 5. The zero-order valence-corrected chi connectivity index (χ0v) is 41.6. The summed E-state index contributed by atoms with van der Waals surface area (Å²) in [6, 6.07) is 19.3. The number of anilines is 2. The Hall–Kier alpha value is -5.97. The molecule has 6 N–H and O–H groups in total. The number of nitrogens with one attached hydrogen (secondary N) is 5. The van der Waals surface area contributed by atoms with Gasteiger partial charge in [-0.15, -0.1) is 11.3 Å². The number of rotatable bonds is 21. The van der Waals surface area contributed by atoms with Crippen molar-refractivity contribution in [3.63, 3.8) is 0 Å². The van der Waals surface area contributed by atoms with Gasteiger partial charge in [-0.2, -0.15) is 0 Å². The second-order valence-electron chi connectivity index (χ2n) is 19.9. The Kier molecular flexibility index (Phi) is 17.4. The van der Waals surface area contributed by atoms with Crippen LogP contribution in [0.25, 0.3) is 21.5 Å². The molecule has 0 bridgehead atoms. The molecule has 5 amide bonds. The molecule has 2 fully saturated rings. The molecule has 5 aromatic rings. The highest BCUT2D eigenvalue weighted by molar-refractivity contribution is 7.13. The number of carbonyl (C=O) groups excluding carboxylic acids is 5. The van der Waals surface area contributed by atoms with Crippen molar-refractivity contribution in [2.24, 2.45) is 5.41 Å². The van der Waals surface area contributed by atoms with Crippen molar-refractivity contribution < 1.29 is 29.1 Å². The number of unbranched alkanes of at least 4 members (excludes halogenated alkanes) is 6. The highest BCUT2D eigenvalue weighted by Crippen LogP contribution is 2.29. The Bertz CT molecular complexity index is 2550. The van der Waals surface area contributed by atoms with Gasteiger partial charge in [0.05, 0.1) is 39.8 Å². The number of H-pyrrole nitrogens is 1. The number of benzene rings is 3. The van der Waals surface area contributed by atoms with Gasteiger partial charge in [-0.3, -0.25) is 28.9 Å². The van der Waals surface area contributed by atoms with Gasteiger partial charge in [-0.1, -0.05) is 77.1 Å². The molecule has 2 saturated heterocycles. The molecule has 3 aromatic carbocycles. The molecular weight excluding hydrogens is 891 g/mol. The van der Waals surface area contributed by atoms with E-state index in [1.807, 2.05) is 75.7 Å². The lowest BCUT2D eigenvalue weighted by Crippen LogP contribution is -2.57. The number of aryl methyl sites for hydroxylation is 1. The molecule has 0 aliphatic carbocycles. The molecule has 0 spiro atoms. The van der Waals surface area contributed by atoms with Gasteiger partial charge in [0.1, 0.15) is 17.9 Å². The minimum Gasteiger partial charge on any atom is -0.391 e. The second-order valence-corrected chi connectivity index (χ2v) is 20.7. The number of fused-ring (bicyclic) bond motifs is 1. The predicted octanol–water partition coefficient (Wildman–Crippen LogP) is 8.49. The number of aromatic nitrogens is 3. The maximum atomic E-state index is 14.0. The van der Waals surface area contributed by atoms with Gasteiger partial charge in [0.15, 0.2) is 0 Å². The van der Waals surface area contributed by atoms with Crippen LogP contribution in [-0.2, 0) is 32.3 Å². The molecular formula is C53H69N9O6S. The molecule has 7 rings (SSSR count). The van der Waals surface area contributed by atoms with Crippen molar-refractivity contribution in [1.82, 2.24) is 35.4 Å². The quantitative estimate of drug-likeness (QED) is 0.0390. The van der Waals surface area contributed by atoms with Crippen molar-refractivity contribution in [1.29, 1.82) is 0 Å². The number of thiazole rings is 1. The Morgan fingerprint density at radius 2 is 1.55 bits per heavy atom. The second kappa shape index (κ2) is 23.6. The van der Waals surface area contributed by atoms with Crippen LogP contribution in [-0.4, -0.2) is 96.7 Å². The smallest absolute Gasteiger partial charge is 0.255 e. The molecule has 0 unspecified atom stereocenters. The summed E-state index contributed by atoms with van der Waals surface area (Å²) in [5, 5.41) is 22.4. The molecule has 2 aromatic heterocycles. The number of β-amino-alcohol motifs (C(OH)–C–C–N with tert-alkyl or cyclic N) is 1. The van der Waals surface area contributed by atoms with Gasteiger partial charge in [-0.25, -0.2) is 9.97 Å². The molecule has 16 heteroatoms. The normalized spacial score (nSPS) is 17.8. The number of nitrogens with zero attached hydrogens (tertiary/aromatic N) is 4. The van der Waals surface area contributed by atoms with Gasteiger partial charge in [-0.05, 0) is 105 Å². The fraction of sp³-hybridized carbons (Fsp3) is 0.491. The number of aliphatic hydroxyl groups is 1. The largest absolute Gasteiger partial charge is 0.391 e. The predicted molar refractivity (Wildman–Crippen MR) is 271 cm³/mol. The van der Waals surface area contributed by atoms with Gasteiger partial charge in [0.25, 0.3) is 5.91 Å². The minimum atomic E-state index is -0.867. The van der Waals surface area contributed by atoms with Gasteiger partial charge >= 0.3 is 0 Å². The Balaban J connectivity index is 0.754. The van der Waals surface area contributed by atoms with Crippen LogP contribution in [0.4, 0.5) is 11.4 Å². The highest BCUT2D eigenvalue weighted by atomic mass is 32.1. The van der Waals surface area contributed by atoms with Gasteiger partial charge < -0.3 is 36.3 Å². The summed E-state index contributed by atoms with van der Waals surface area (Å²) in [4.78, 5) is 83.8. The number of likely N-dealkylation sites (tertiary alicyclic amines) is 2. The van der Waals surface area contributed by atoms with Crippen LogP contribution in [0.5, 0.6) is 0 Å². The minimum absolute atomic E-state index is 0.0222. The summed E-state index contributed by atoms with van der Waals surface area (Å²) in [6.45, 7) is 12.0. The van der Waals surface area contributed by atoms with Crippen LogP contribution in [0.2, 0.25) is 0 Å². The lowest BCUT2D eigenvalue weighted by molar-refractivity contribution is -0.144. The number of hydrogen-bond donors (Lipinski definition) is 6. The standard InChI is InChI=1S/C53H69N9O6S/c1-34-14-13-27-61(34)32-45-58-42-26-25-40(28-43(42)59-45)57-50(66)38-21-23-39(24-22-38)56-46(64)15-11-9-7-6-8-10-12-16-47(65)60-49(53(3,4)5)52(68)62-31-41(63)29-44(62)51(67)54-30-36-17-19-37(20-18-36)48-35(2)55-33-69-48/h17-26,28,33-34,41,44,49,63H,6-16,27,29-32H2,1-5H3,(H,54,67)(H,56,64)(H,57,66)(H,58,59)(H,60,65)/t34-,41+,44-,49+/m0/s1. The maximum Gasteiger partial charge on any atom is 0.255 e. The Labute approximate surface area is 409 Å². The topological polar surface area (TPSA) is 202 Å². The first-order valence-corrected chi connectivity index (χ1v) is 25.5. The van der Waals surface area contributed by atoms with Crippen molar-refractivity contribution in [2.45, 2.75) is 149 Å². The van der Waals surface area contributed by atoms with E-state index >= 15 is 0 Å². The summed E-state index contributed by atoms with van der Waals surface area (Å²) in [7, 11) is 0. The summed E-state index contributed by atoms with van der Waals surface area (Å²) in [5.74, 6) is -0.325. The lowest BCUT2D eigenvalue weighted by Gasteiger charge is -2.35. The van der Waals surface area contributed by atoms with Crippen LogP contribution in [0.1, 0.15) is 132 Å². The Morgan fingerprint density at radius 1 is 0.870 bits per heavy atom. The fourth-order valence-corrected chi connectivity index (χ4v) is 10.0. The summed E-state index contributed by atoms with van der Waals surface area (Å²) >= 11 is 1.58.